The zero-order valence-electron chi connectivity index (χ0n) is 14.3. The van der Waals surface area contributed by atoms with Crippen molar-refractivity contribution >= 4 is 17.2 Å². The molecular formula is C17H24N4O2S. The second kappa shape index (κ2) is 7.90. The van der Waals surface area contributed by atoms with E-state index >= 15 is 0 Å². The lowest BCUT2D eigenvalue weighted by atomic mass is 10.0. The molecule has 3 rings (SSSR count). The van der Waals surface area contributed by atoms with Gasteiger partial charge < -0.3 is 14.3 Å². The third-order valence-electron chi connectivity index (χ3n) is 4.29. The van der Waals surface area contributed by atoms with Crippen LogP contribution in [0.5, 0.6) is 0 Å². The van der Waals surface area contributed by atoms with Crippen LogP contribution in [0.1, 0.15) is 31.6 Å². The van der Waals surface area contributed by atoms with Gasteiger partial charge in [-0.15, -0.1) is 11.3 Å². The fourth-order valence-corrected chi connectivity index (χ4v) is 3.81. The summed E-state index contributed by atoms with van der Waals surface area (Å²) in [5, 5.41) is 5.98. The van der Waals surface area contributed by atoms with Crippen molar-refractivity contribution < 1.29 is 9.32 Å². The fraction of sp³-hybridized carbons (Fsp3) is 0.588. The van der Waals surface area contributed by atoms with Gasteiger partial charge in [-0.25, -0.2) is 0 Å². The summed E-state index contributed by atoms with van der Waals surface area (Å²) in [4.78, 5) is 22.2. The Morgan fingerprint density at radius 2 is 2.33 bits per heavy atom. The summed E-state index contributed by atoms with van der Waals surface area (Å²) in [7, 11) is 4.11. The molecule has 2 aromatic rings. The molecule has 7 heteroatoms. The molecule has 0 spiro atoms. The van der Waals surface area contributed by atoms with Gasteiger partial charge in [0.1, 0.15) is 0 Å². The van der Waals surface area contributed by atoms with E-state index in [1.54, 1.807) is 11.3 Å². The maximum absolute atomic E-state index is 12.6. The van der Waals surface area contributed by atoms with Crippen molar-refractivity contribution in [1.29, 1.82) is 0 Å². The number of amides is 1. The average Bonchev–Trinajstić information content (AvgIpc) is 3.24. The van der Waals surface area contributed by atoms with Crippen molar-refractivity contribution in [3.8, 4) is 10.7 Å². The van der Waals surface area contributed by atoms with E-state index in [9.17, 15) is 4.79 Å². The van der Waals surface area contributed by atoms with Gasteiger partial charge in [-0.1, -0.05) is 11.2 Å². The van der Waals surface area contributed by atoms with Crippen LogP contribution in [-0.4, -0.2) is 59.1 Å². The summed E-state index contributed by atoms with van der Waals surface area (Å²) < 4.78 is 5.28. The first-order valence-electron chi connectivity index (χ1n) is 8.44. The van der Waals surface area contributed by atoms with Gasteiger partial charge in [-0.3, -0.25) is 4.79 Å². The van der Waals surface area contributed by atoms with Gasteiger partial charge in [0.15, 0.2) is 0 Å². The Balaban J connectivity index is 1.56. The van der Waals surface area contributed by atoms with Crippen LogP contribution in [0, 0.1) is 0 Å². The number of nitrogens with zero attached hydrogens (tertiary/aromatic N) is 4. The van der Waals surface area contributed by atoms with E-state index < -0.39 is 0 Å². The summed E-state index contributed by atoms with van der Waals surface area (Å²) in [6.07, 6.45) is 4.32. The molecule has 3 heterocycles. The van der Waals surface area contributed by atoms with Crippen LogP contribution in [0.4, 0.5) is 0 Å². The highest BCUT2D eigenvalue weighted by atomic mass is 32.1. The second-order valence-electron chi connectivity index (χ2n) is 6.49. The van der Waals surface area contributed by atoms with Gasteiger partial charge in [0.2, 0.25) is 17.6 Å². The van der Waals surface area contributed by atoms with E-state index in [2.05, 4.69) is 29.1 Å². The summed E-state index contributed by atoms with van der Waals surface area (Å²) in [5.41, 5.74) is 0. The molecule has 2 aromatic heterocycles. The van der Waals surface area contributed by atoms with Crippen molar-refractivity contribution in [2.45, 2.75) is 38.1 Å². The third-order valence-corrected chi connectivity index (χ3v) is 5.15. The highest BCUT2D eigenvalue weighted by Crippen LogP contribution is 2.22. The highest BCUT2D eigenvalue weighted by Gasteiger charge is 2.27. The molecule has 1 aliphatic heterocycles. The van der Waals surface area contributed by atoms with Gasteiger partial charge in [0.05, 0.1) is 4.88 Å². The van der Waals surface area contributed by atoms with E-state index in [1.165, 1.54) is 6.42 Å². The predicted molar refractivity (Wildman–Crippen MR) is 93.8 cm³/mol. The fourth-order valence-electron chi connectivity index (χ4n) is 3.16. The normalized spacial score (nSPS) is 18.3. The number of likely N-dealkylation sites (N-methyl/N-ethyl adjacent to an activating group) is 1. The van der Waals surface area contributed by atoms with Crippen LogP contribution >= 0.6 is 11.3 Å². The Bertz CT molecular complexity index is 653. The molecule has 1 amide bonds. The minimum atomic E-state index is 0.192. The lowest BCUT2D eigenvalue weighted by molar-refractivity contribution is -0.135. The number of hydrogen-bond donors (Lipinski definition) is 0. The molecule has 24 heavy (non-hydrogen) atoms. The molecule has 6 nitrogen and oxygen atoms in total. The van der Waals surface area contributed by atoms with Gasteiger partial charge in [0, 0.05) is 32.0 Å². The number of hydrogen-bond acceptors (Lipinski definition) is 6. The molecule has 1 fully saturated rings. The molecular weight excluding hydrogens is 324 g/mol. The Morgan fingerprint density at radius 3 is 3.08 bits per heavy atom. The molecule has 0 aromatic carbocycles. The summed E-state index contributed by atoms with van der Waals surface area (Å²) >= 11 is 1.58. The van der Waals surface area contributed by atoms with E-state index in [-0.39, 0.29) is 5.91 Å². The monoisotopic (exact) mass is 348 g/mol. The molecule has 1 atom stereocenters. The molecule has 0 N–H and O–H groups in total. The topological polar surface area (TPSA) is 62.5 Å². The van der Waals surface area contributed by atoms with Crippen molar-refractivity contribution in [2.24, 2.45) is 0 Å². The number of piperidine rings is 1. The van der Waals surface area contributed by atoms with Crippen LogP contribution < -0.4 is 0 Å². The first kappa shape index (κ1) is 17.1. The van der Waals surface area contributed by atoms with E-state index in [1.807, 2.05) is 22.4 Å². The summed E-state index contributed by atoms with van der Waals surface area (Å²) in [6.45, 7) is 1.79. The standard InChI is InChI=1S/C17H24N4O2S/c1-20(2)12-13-6-3-4-10-21(13)16(22)9-8-15-18-17(19-23-15)14-7-5-11-24-14/h5,7,11,13H,3-4,6,8-10,12H2,1-2H3. The summed E-state index contributed by atoms with van der Waals surface area (Å²) in [5.74, 6) is 1.33. The Labute approximate surface area is 146 Å². The van der Waals surface area contributed by atoms with Crippen molar-refractivity contribution in [1.82, 2.24) is 19.9 Å². The maximum atomic E-state index is 12.6. The first-order chi connectivity index (χ1) is 11.6. The number of carbonyl (C=O) groups excluding carboxylic acids is 1. The van der Waals surface area contributed by atoms with Crippen LogP contribution in [0.2, 0.25) is 0 Å². The highest BCUT2D eigenvalue weighted by molar-refractivity contribution is 7.13. The minimum absolute atomic E-state index is 0.192. The van der Waals surface area contributed by atoms with E-state index in [0.29, 0.717) is 30.6 Å². The lowest BCUT2D eigenvalue weighted by Gasteiger charge is -2.37. The quantitative estimate of drug-likeness (QED) is 0.803. The second-order valence-corrected chi connectivity index (χ2v) is 7.44. The molecule has 1 aliphatic rings. The van der Waals surface area contributed by atoms with Crippen LogP contribution in [0.25, 0.3) is 10.7 Å². The molecule has 130 valence electrons. The zero-order valence-corrected chi connectivity index (χ0v) is 15.1. The van der Waals surface area contributed by atoms with Crippen molar-refractivity contribution in [3.63, 3.8) is 0 Å². The third kappa shape index (κ3) is 4.21. The lowest BCUT2D eigenvalue weighted by Crippen LogP contribution is -2.48. The molecule has 0 bridgehead atoms. The number of likely N-dealkylation sites (tertiary alicyclic amines) is 1. The van der Waals surface area contributed by atoms with Crippen LogP contribution in [0.3, 0.4) is 0 Å². The number of rotatable bonds is 6. The van der Waals surface area contributed by atoms with Crippen LogP contribution in [-0.2, 0) is 11.2 Å². The molecule has 0 saturated carbocycles. The number of aromatic nitrogens is 2. The van der Waals surface area contributed by atoms with Gasteiger partial charge in [-0.05, 0) is 44.8 Å². The number of thiophene rings is 1. The Hall–Kier alpha value is -1.73. The molecule has 0 aliphatic carbocycles. The SMILES string of the molecule is CN(C)CC1CCCCN1C(=O)CCc1nc(-c2cccs2)no1. The number of aryl methyl sites for hydroxylation is 1. The zero-order chi connectivity index (χ0) is 16.9. The predicted octanol–water partition coefficient (Wildman–Crippen LogP) is 2.67. The van der Waals surface area contributed by atoms with Crippen molar-refractivity contribution in [2.75, 3.05) is 27.2 Å². The van der Waals surface area contributed by atoms with Gasteiger partial charge >= 0.3 is 0 Å². The van der Waals surface area contributed by atoms with E-state index in [4.69, 9.17) is 4.52 Å². The molecule has 1 saturated heterocycles. The summed E-state index contributed by atoms with van der Waals surface area (Å²) in [6, 6.07) is 4.25. The van der Waals surface area contributed by atoms with Crippen LogP contribution in [0.15, 0.2) is 22.0 Å². The smallest absolute Gasteiger partial charge is 0.227 e. The first-order valence-corrected chi connectivity index (χ1v) is 9.32. The largest absolute Gasteiger partial charge is 0.339 e. The molecule has 0 radical (unpaired) electrons. The molecule has 1 unspecified atom stereocenters. The van der Waals surface area contributed by atoms with Gasteiger partial charge in [-0.2, -0.15) is 4.98 Å². The average molecular weight is 348 g/mol. The van der Waals surface area contributed by atoms with E-state index in [0.717, 1.165) is 30.8 Å². The van der Waals surface area contributed by atoms with Gasteiger partial charge in [0.25, 0.3) is 0 Å². The number of carbonyl (C=O) groups is 1. The maximum Gasteiger partial charge on any atom is 0.227 e. The minimum Gasteiger partial charge on any atom is -0.339 e. The Kier molecular flexibility index (Phi) is 5.63. The Morgan fingerprint density at radius 1 is 1.46 bits per heavy atom. The van der Waals surface area contributed by atoms with Crippen molar-refractivity contribution in [3.05, 3.63) is 23.4 Å².